The minimum absolute atomic E-state index is 0.0737. The lowest BCUT2D eigenvalue weighted by molar-refractivity contribution is -0.116. The molecule has 3 rings (SSSR count). The van der Waals surface area contributed by atoms with Gasteiger partial charge >= 0.3 is 0 Å². The lowest BCUT2D eigenvalue weighted by Gasteiger charge is -2.19. The average molecular weight is 386 g/mol. The van der Waals surface area contributed by atoms with Gasteiger partial charge in [0.1, 0.15) is 0 Å². The molecular formula is C21H27N3O2S. The van der Waals surface area contributed by atoms with Gasteiger partial charge in [-0.3, -0.25) is 14.2 Å². The molecule has 6 heteroatoms. The third kappa shape index (κ3) is 4.10. The van der Waals surface area contributed by atoms with Gasteiger partial charge in [0.2, 0.25) is 5.91 Å². The van der Waals surface area contributed by atoms with Crippen molar-refractivity contribution in [3.63, 3.8) is 0 Å². The summed E-state index contributed by atoms with van der Waals surface area (Å²) in [4.78, 5) is 30.0. The van der Waals surface area contributed by atoms with Gasteiger partial charge in [-0.05, 0) is 31.9 Å². The molecule has 1 aromatic heterocycles. The molecule has 0 bridgehead atoms. The first-order valence-electron chi connectivity index (χ1n) is 9.21. The van der Waals surface area contributed by atoms with E-state index in [0.29, 0.717) is 10.9 Å². The van der Waals surface area contributed by atoms with E-state index in [2.05, 4.69) is 22.4 Å². The highest BCUT2D eigenvalue weighted by molar-refractivity contribution is 7.99. The normalized spacial score (nSPS) is 16.3. The van der Waals surface area contributed by atoms with Crippen LogP contribution in [-0.2, 0) is 10.2 Å². The molecule has 1 unspecified atom stereocenters. The number of hydrogen-bond acceptors (Lipinski definition) is 4. The van der Waals surface area contributed by atoms with E-state index in [1.165, 1.54) is 5.56 Å². The summed E-state index contributed by atoms with van der Waals surface area (Å²) in [5, 5.41) is 3.75. The van der Waals surface area contributed by atoms with Gasteiger partial charge in [0.25, 0.3) is 5.56 Å². The van der Waals surface area contributed by atoms with E-state index in [9.17, 15) is 9.59 Å². The van der Waals surface area contributed by atoms with E-state index in [-0.39, 0.29) is 29.3 Å². The number of nitrogens with zero attached hydrogens (tertiary/aromatic N) is 2. The molecular weight excluding hydrogens is 358 g/mol. The number of anilines is 1. The fraction of sp³-hybridized carbons (Fsp3) is 0.476. The highest BCUT2D eigenvalue weighted by Gasteiger charge is 2.29. The zero-order valence-corrected chi connectivity index (χ0v) is 17.7. The fourth-order valence-corrected chi connectivity index (χ4v) is 4.62. The SMILES string of the molecule is Cc1cc(C)c(NC(=O)CC2CSc3nc(C(C)(C)C)cc(=O)n32)c(C)c1. The Bertz CT molecular complexity index is 934. The molecule has 2 aromatic rings. The lowest BCUT2D eigenvalue weighted by Crippen LogP contribution is -2.29. The number of rotatable bonds is 3. The topological polar surface area (TPSA) is 64.0 Å². The third-order valence-electron chi connectivity index (χ3n) is 4.82. The molecule has 2 heterocycles. The van der Waals surface area contributed by atoms with Gasteiger partial charge in [-0.15, -0.1) is 0 Å². The number of fused-ring (bicyclic) bond motifs is 1. The van der Waals surface area contributed by atoms with E-state index in [1.54, 1.807) is 22.4 Å². The van der Waals surface area contributed by atoms with Crippen LogP contribution in [0.1, 0.15) is 55.6 Å². The van der Waals surface area contributed by atoms with Crippen LogP contribution in [0.25, 0.3) is 0 Å². The molecule has 1 aliphatic heterocycles. The largest absolute Gasteiger partial charge is 0.326 e. The summed E-state index contributed by atoms with van der Waals surface area (Å²) in [6, 6.07) is 5.57. The van der Waals surface area contributed by atoms with Crippen LogP contribution in [0.4, 0.5) is 5.69 Å². The van der Waals surface area contributed by atoms with Gasteiger partial charge in [-0.2, -0.15) is 0 Å². The predicted octanol–water partition coefficient (Wildman–Crippen LogP) is 4.14. The second-order valence-corrected chi connectivity index (χ2v) is 9.36. The van der Waals surface area contributed by atoms with Crippen molar-refractivity contribution in [2.75, 3.05) is 11.1 Å². The van der Waals surface area contributed by atoms with E-state index < -0.39 is 0 Å². The number of aromatic nitrogens is 2. The van der Waals surface area contributed by atoms with Gasteiger partial charge in [-0.25, -0.2) is 4.98 Å². The number of amides is 1. The summed E-state index contributed by atoms with van der Waals surface area (Å²) >= 11 is 1.55. The van der Waals surface area contributed by atoms with Crippen LogP contribution < -0.4 is 10.9 Å². The predicted molar refractivity (Wildman–Crippen MR) is 111 cm³/mol. The number of hydrogen-bond donors (Lipinski definition) is 1. The molecule has 1 N–H and O–H groups in total. The van der Waals surface area contributed by atoms with Crippen molar-refractivity contribution >= 4 is 23.4 Å². The Balaban J connectivity index is 1.80. The van der Waals surface area contributed by atoms with Gasteiger partial charge in [0.05, 0.1) is 11.7 Å². The second kappa shape index (κ2) is 7.15. The van der Waals surface area contributed by atoms with E-state index >= 15 is 0 Å². The van der Waals surface area contributed by atoms with Crippen molar-refractivity contribution in [3.05, 3.63) is 50.9 Å². The molecule has 1 amide bonds. The monoisotopic (exact) mass is 385 g/mol. The minimum Gasteiger partial charge on any atom is -0.326 e. The molecule has 0 spiro atoms. The van der Waals surface area contributed by atoms with Gasteiger partial charge in [0.15, 0.2) is 5.16 Å². The maximum Gasteiger partial charge on any atom is 0.254 e. The van der Waals surface area contributed by atoms with E-state index in [0.717, 1.165) is 22.5 Å². The molecule has 0 saturated heterocycles. The summed E-state index contributed by atoms with van der Waals surface area (Å²) in [6.07, 6.45) is 0.267. The van der Waals surface area contributed by atoms with Crippen molar-refractivity contribution in [1.29, 1.82) is 0 Å². The van der Waals surface area contributed by atoms with E-state index in [1.807, 2.05) is 41.5 Å². The Morgan fingerprint density at radius 2 is 1.85 bits per heavy atom. The third-order valence-corrected chi connectivity index (χ3v) is 5.92. The number of carbonyl (C=O) groups excluding carboxylic acids is 1. The number of benzene rings is 1. The zero-order valence-electron chi connectivity index (χ0n) is 16.8. The average Bonchev–Trinajstić information content (AvgIpc) is 2.93. The first-order chi connectivity index (χ1) is 12.6. The summed E-state index contributed by atoms with van der Waals surface area (Å²) in [5.74, 6) is 0.616. The minimum atomic E-state index is -0.175. The van der Waals surface area contributed by atoms with Crippen LogP contribution in [-0.4, -0.2) is 21.2 Å². The number of aryl methyl sites for hydroxylation is 3. The number of thioether (sulfide) groups is 1. The Labute approximate surface area is 164 Å². The van der Waals surface area contributed by atoms with Gasteiger partial charge in [-0.1, -0.05) is 50.2 Å². The van der Waals surface area contributed by atoms with Crippen LogP contribution in [0.2, 0.25) is 0 Å². The summed E-state index contributed by atoms with van der Waals surface area (Å²) in [6.45, 7) is 12.2. The summed E-state index contributed by atoms with van der Waals surface area (Å²) in [7, 11) is 0. The van der Waals surface area contributed by atoms with Crippen molar-refractivity contribution in [3.8, 4) is 0 Å². The van der Waals surface area contributed by atoms with Crippen LogP contribution in [0.5, 0.6) is 0 Å². The molecule has 0 radical (unpaired) electrons. The fourth-order valence-electron chi connectivity index (χ4n) is 3.47. The van der Waals surface area contributed by atoms with Gasteiger partial charge < -0.3 is 5.32 Å². The van der Waals surface area contributed by atoms with Crippen molar-refractivity contribution in [2.24, 2.45) is 0 Å². The second-order valence-electron chi connectivity index (χ2n) is 8.37. The first kappa shape index (κ1) is 19.7. The highest BCUT2D eigenvalue weighted by atomic mass is 32.2. The molecule has 0 aliphatic carbocycles. The maximum absolute atomic E-state index is 12.7. The van der Waals surface area contributed by atoms with Crippen LogP contribution >= 0.6 is 11.8 Å². The summed E-state index contributed by atoms with van der Waals surface area (Å²) < 4.78 is 1.67. The highest BCUT2D eigenvalue weighted by Crippen LogP contribution is 2.34. The van der Waals surface area contributed by atoms with E-state index in [4.69, 9.17) is 0 Å². The Kier molecular flexibility index (Phi) is 5.21. The molecule has 1 aliphatic rings. The molecule has 144 valence electrons. The standard InChI is InChI=1S/C21H27N3O2S/c1-12-7-13(2)19(14(3)8-12)23-17(25)9-15-11-27-20-22-16(21(4,5)6)10-18(26)24(15)20/h7-8,10,15H,9,11H2,1-6H3,(H,23,25). The summed E-state index contributed by atoms with van der Waals surface area (Å²) in [5.41, 5.74) is 4.69. The zero-order chi connectivity index (χ0) is 19.9. The van der Waals surface area contributed by atoms with Crippen LogP contribution in [0, 0.1) is 20.8 Å². The Morgan fingerprint density at radius 1 is 1.22 bits per heavy atom. The molecule has 0 saturated carbocycles. The smallest absolute Gasteiger partial charge is 0.254 e. The lowest BCUT2D eigenvalue weighted by atomic mass is 9.92. The molecule has 5 nitrogen and oxygen atoms in total. The first-order valence-corrected chi connectivity index (χ1v) is 10.2. The van der Waals surface area contributed by atoms with Crippen molar-refractivity contribution < 1.29 is 4.79 Å². The maximum atomic E-state index is 12.7. The molecule has 1 atom stereocenters. The quantitative estimate of drug-likeness (QED) is 0.807. The number of carbonyl (C=O) groups is 1. The van der Waals surface area contributed by atoms with Gasteiger partial charge in [0, 0.05) is 29.3 Å². The van der Waals surface area contributed by atoms with Crippen LogP contribution in [0.3, 0.4) is 0 Å². The molecule has 1 aromatic carbocycles. The van der Waals surface area contributed by atoms with Crippen molar-refractivity contribution in [2.45, 2.75) is 64.6 Å². The van der Waals surface area contributed by atoms with Crippen molar-refractivity contribution in [1.82, 2.24) is 9.55 Å². The number of nitrogens with one attached hydrogen (secondary N) is 1. The Morgan fingerprint density at radius 3 is 2.44 bits per heavy atom. The molecule has 0 fully saturated rings. The molecule has 27 heavy (non-hydrogen) atoms. The van der Waals surface area contributed by atoms with Crippen LogP contribution in [0.15, 0.2) is 28.2 Å². The Hall–Kier alpha value is -2.08.